The van der Waals surface area contributed by atoms with Crippen LogP contribution in [-0.2, 0) is 6.42 Å². The maximum absolute atomic E-state index is 13.6. The number of pyridine rings is 2. The van der Waals surface area contributed by atoms with Gasteiger partial charge < -0.3 is 14.3 Å². The third kappa shape index (κ3) is 3.22. The van der Waals surface area contributed by atoms with E-state index in [-0.39, 0.29) is 17.7 Å². The average Bonchev–Trinajstić information content (AvgIpc) is 3.57. The molecule has 10 nitrogen and oxygen atoms in total. The largest absolute Gasteiger partial charge is 0.411 e. The molecular formula is C22H19N8O2P. The molecule has 1 aliphatic heterocycles. The number of carbonyl (C=O) groups is 1. The summed E-state index contributed by atoms with van der Waals surface area (Å²) in [5, 5.41) is 13.7. The Morgan fingerprint density at radius 3 is 2.97 bits per heavy atom. The van der Waals surface area contributed by atoms with E-state index in [9.17, 15) is 4.79 Å². The molecule has 2 atom stereocenters. The number of hydrogen-bond donors (Lipinski definition) is 1. The van der Waals surface area contributed by atoms with Crippen LogP contribution in [0.5, 0.6) is 0 Å². The van der Waals surface area contributed by atoms with Crippen molar-refractivity contribution in [3.8, 4) is 11.6 Å². The van der Waals surface area contributed by atoms with Gasteiger partial charge in [0.1, 0.15) is 11.7 Å². The molecule has 0 aliphatic carbocycles. The van der Waals surface area contributed by atoms with Gasteiger partial charge in [-0.05, 0) is 31.2 Å². The van der Waals surface area contributed by atoms with Gasteiger partial charge in [-0.2, -0.15) is 5.10 Å². The number of imidazole rings is 1. The maximum Gasteiger partial charge on any atom is 0.312 e. The van der Waals surface area contributed by atoms with Crippen molar-refractivity contribution in [3.63, 3.8) is 0 Å². The van der Waals surface area contributed by atoms with Crippen molar-refractivity contribution in [2.24, 2.45) is 0 Å². The number of rotatable bonds is 3. The monoisotopic (exact) mass is 458 g/mol. The number of fused-ring (bicyclic) bond motifs is 2. The number of nitrogens with one attached hydrogen (secondary N) is 1. The average molecular weight is 458 g/mol. The Kier molecular flexibility index (Phi) is 4.55. The summed E-state index contributed by atoms with van der Waals surface area (Å²) in [6.45, 7) is 2.45. The van der Waals surface area contributed by atoms with Gasteiger partial charge in [-0.3, -0.25) is 9.78 Å². The van der Waals surface area contributed by atoms with Crippen LogP contribution in [0.15, 0.2) is 53.3 Å². The van der Waals surface area contributed by atoms with E-state index in [0.29, 0.717) is 18.7 Å². The molecule has 164 valence electrons. The summed E-state index contributed by atoms with van der Waals surface area (Å²) >= 11 is 0. The smallest absolute Gasteiger partial charge is 0.312 e. The molecule has 0 fully saturated rings. The minimum absolute atomic E-state index is 0.0935. The predicted octanol–water partition coefficient (Wildman–Crippen LogP) is 2.10. The summed E-state index contributed by atoms with van der Waals surface area (Å²) in [6.07, 6.45) is 3.93. The minimum atomic E-state index is -0.478. The minimum Gasteiger partial charge on any atom is -0.411 e. The van der Waals surface area contributed by atoms with Crippen LogP contribution in [0.3, 0.4) is 0 Å². The number of aryl methyl sites for hydroxylation is 1. The van der Waals surface area contributed by atoms with E-state index in [1.54, 1.807) is 17.4 Å². The molecule has 11 heteroatoms. The normalized spacial score (nSPS) is 15.7. The van der Waals surface area contributed by atoms with Gasteiger partial charge in [-0.25, -0.2) is 9.50 Å². The van der Waals surface area contributed by atoms with Crippen LogP contribution in [0.1, 0.15) is 39.5 Å². The Balaban J connectivity index is 1.41. The molecule has 1 aliphatic rings. The van der Waals surface area contributed by atoms with E-state index in [2.05, 4.69) is 34.4 Å². The third-order valence-corrected chi connectivity index (χ3v) is 6.28. The first-order valence-corrected chi connectivity index (χ1v) is 11.0. The zero-order valence-electron chi connectivity index (χ0n) is 17.6. The van der Waals surface area contributed by atoms with E-state index >= 15 is 0 Å². The molecule has 0 radical (unpaired) electrons. The van der Waals surface area contributed by atoms with Crippen LogP contribution in [0, 0.1) is 6.92 Å². The Morgan fingerprint density at radius 2 is 2.12 bits per heavy atom. The van der Waals surface area contributed by atoms with Crippen LogP contribution in [0.25, 0.3) is 17.1 Å². The molecule has 0 aromatic carbocycles. The van der Waals surface area contributed by atoms with E-state index in [1.807, 2.05) is 47.8 Å². The molecule has 5 aromatic rings. The number of hydrogen-bond acceptors (Lipinski definition) is 7. The fourth-order valence-electron chi connectivity index (χ4n) is 4.23. The molecule has 0 saturated heterocycles. The lowest BCUT2D eigenvalue weighted by atomic mass is 9.99. The summed E-state index contributed by atoms with van der Waals surface area (Å²) in [4.78, 5) is 27.2. The molecule has 0 spiro atoms. The highest BCUT2D eigenvalue weighted by Crippen LogP contribution is 2.34. The first kappa shape index (κ1) is 19.8. The first-order valence-electron chi connectivity index (χ1n) is 10.4. The number of H-pyrrole nitrogens is 1. The first-order chi connectivity index (χ1) is 16.1. The van der Waals surface area contributed by atoms with Crippen LogP contribution < -0.4 is 5.30 Å². The molecule has 0 saturated carbocycles. The molecule has 5 aromatic heterocycles. The van der Waals surface area contributed by atoms with E-state index in [1.165, 1.54) is 0 Å². The van der Waals surface area contributed by atoms with Crippen molar-refractivity contribution >= 4 is 26.0 Å². The Labute approximate surface area is 190 Å². The van der Waals surface area contributed by atoms with Gasteiger partial charge in [0.2, 0.25) is 0 Å². The van der Waals surface area contributed by atoms with Gasteiger partial charge in [-0.1, -0.05) is 12.1 Å². The Bertz CT molecular complexity index is 1500. The lowest BCUT2D eigenvalue weighted by Gasteiger charge is -2.32. The summed E-state index contributed by atoms with van der Waals surface area (Å²) in [7, 11) is 2.58. The molecular weight excluding hydrogens is 439 g/mol. The highest BCUT2D eigenvalue weighted by atomic mass is 31.0. The molecule has 1 amide bonds. The van der Waals surface area contributed by atoms with Gasteiger partial charge >= 0.3 is 11.8 Å². The molecule has 6 rings (SSSR count). The van der Waals surface area contributed by atoms with Gasteiger partial charge in [0.25, 0.3) is 5.89 Å². The van der Waals surface area contributed by atoms with Gasteiger partial charge in [0.05, 0.1) is 23.2 Å². The van der Waals surface area contributed by atoms with E-state index in [0.717, 1.165) is 33.6 Å². The second-order valence-corrected chi connectivity index (χ2v) is 8.47. The zero-order chi connectivity index (χ0) is 22.5. The topological polar surface area (TPSA) is 118 Å². The number of carbonyl (C=O) groups excluding carboxylic acids is 1. The predicted molar refractivity (Wildman–Crippen MR) is 122 cm³/mol. The number of nitrogens with zero attached hydrogens (tertiary/aromatic N) is 7. The number of aromatic amines is 1. The second-order valence-electron chi connectivity index (χ2n) is 7.84. The van der Waals surface area contributed by atoms with Crippen LogP contribution >= 0.6 is 9.24 Å². The Hall–Kier alpha value is -3.91. The molecule has 6 heterocycles. The van der Waals surface area contributed by atoms with Crippen molar-refractivity contribution in [1.29, 1.82) is 0 Å². The number of amides is 1. The molecule has 1 unspecified atom stereocenters. The summed E-state index contributed by atoms with van der Waals surface area (Å²) in [5.74, 6) is -0.271. The molecule has 1 N–H and O–H groups in total. The highest BCUT2D eigenvalue weighted by Gasteiger charge is 2.38. The molecule has 33 heavy (non-hydrogen) atoms. The fourth-order valence-corrected chi connectivity index (χ4v) is 4.53. The maximum atomic E-state index is 13.6. The van der Waals surface area contributed by atoms with E-state index < -0.39 is 6.04 Å². The lowest BCUT2D eigenvalue weighted by molar-refractivity contribution is 0.0646. The Morgan fingerprint density at radius 1 is 1.21 bits per heavy atom. The van der Waals surface area contributed by atoms with Crippen molar-refractivity contribution in [2.45, 2.75) is 19.4 Å². The van der Waals surface area contributed by atoms with Gasteiger partial charge in [0.15, 0.2) is 0 Å². The van der Waals surface area contributed by atoms with Crippen molar-refractivity contribution in [3.05, 3.63) is 77.6 Å². The third-order valence-electron chi connectivity index (χ3n) is 5.81. The molecule has 0 bridgehead atoms. The standard InChI is InChI=1S/C22H19N8O2P/c1-12-4-2-5-13-10-15(28-30(12)13)19-17-14(24-11-25-17)7-9-29(19)22(31)21-27-26-20(32-21)18-16(33)6-3-8-23-18/h2-6,8,10-11,19H,7,9,33H2,1H3,(H,24,25)/t19-/m1/s1. The van der Waals surface area contributed by atoms with Gasteiger partial charge in [0, 0.05) is 35.9 Å². The van der Waals surface area contributed by atoms with Crippen molar-refractivity contribution < 1.29 is 9.21 Å². The second kappa shape index (κ2) is 7.60. The van der Waals surface area contributed by atoms with Crippen LogP contribution in [0.2, 0.25) is 0 Å². The number of aromatic nitrogens is 7. The summed E-state index contributed by atoms with van der Waals surface area (Å²) < 4.78 is 7.62. The highest BCUT2D eigenvalue weighted by molar-refractivity contribution is 7.27. The lowest BCUT2D eigenvalue weighted by Crippen LogP contribution is -2.41. The van der Waals surface area contributed by atoms with Crippen molar-refractivity contribution in [1.82, 2.24) is 39.7 Å². The van der Waals surface area contributed by atoms with Crippen LogP contribution in [-0.4, -0.2) is 52.1 Å². The SMILES string of the molecule is Cc1cccc2cc([C@@H]3c4nc[nH]c4CCN3C(=O)c3nnc(-c4ncccc4P)o3)nn12. The summed E-state index contributed by atoms with van der Waals surface area (Å²) in [6, 6.07) is 11.1. The van der Waals surface area contributed by atoms with Gasteiger partial charge in [-0.15, -0.1) is 19.4 Å². The summed E-state index contributed by atoms with van der Waals surface area (Å²) in [5.41, 5.74) is 4.96. The zero-order valence-corrected chi connectivity index (χ0v) is 18.8. The van der Waals surface area contributed by atoms with Crippen molar-refractivity contribution in [2.75, 3.05) is 6.54 Å². The van der Waals surface area contributed by atoms with Crippen LogP contribution in [0.4, 0.5) is 0 Å². The fraction of sp³-hybridized carbons (Fsp3) is 0.182. The quantitative estimate of drug-likeness (QED) is 0.411. The van der Waals surface area contributed by atoms with E-state index in [4.69, 9.17) is 9.52 Å².